The summed E-state index contributed by atoms with van der Waals surface area (Å²) in [5.41, 5.74) is 6.89. The summed E-state index contributed by atoms with van der Waals surface area (Å²) in [6.45, 7) is 6.53. The second kappa shape index (κ2) is 4.19. The SMILES string of the molecule is CN(CC1(N)C2CCOC2C1(C)C)C1CCCC1. The highest BCUT2D eigenvalue weighted by Gasteiger charge is 2.67. The Labute approximate surface area is 111 Å². The van der Waals surface area contributed by atoms with Gasteiger partial charge in [-0.3, -0.25) is 0 Å². The number of ether oxygens (including phenoxy) is 1. The number of nitrogens with two attached hydrogens (primary N) is 1. The Morgan fingerprint density at radius 2 is 1.89 bits per heavy atom. The Kier molecular flexibility index (Phi) is 3.00. The molecule has 0 aromatic heterocycles. The van der Waals surface area contributed by atoms with Gasteiger partial charge in [0, 0.05) is 36.1 Å². The average Bonchev–Trinajstić information content (AvgIpc) is 2.99. The van der Waals surface area contributed by atoms with Gasteiger partial charge >= 0.3 is 0 Å². The van der Waals surface area contributed by atoms with Gasteiger partial charge in [-0.25, -0.2) is 0 Å². The van der Waals surface area contributed by atoms with Gasteiger partial charge in [-0.05, 0) is 26.3 Å². The Morgan fingerprint density at radius 1 is 1.22 bits per heavy atom. The molecule has 3 heteroatoms. The number of likely N-dealkylation sites (N-methyl/N-ethyl adjacent to an activating group) is 1. The van der Waals surface area contributed by atoms with E-state index in [0.717, 1.165) is 25.6 Å². The summed E-state index contributed by atoms with van der Waals surface area (Å²) in [5, 5.41) is 0. The second-order valence-corrected chi connectivity index (χ2v) is 7.30. The molecule has 0 radical (unpaired) electrons. The van der Waals surface area contributed by atoms with Crippen LogP contribution in [0.5, 0.6) is 0 Å². The van der Waals surface area contributed by atoms with Crippen molar-refractivity contribution >= 4 is 0 Å². The molecule has 1 heterocycles. The van der Waals surface area contributed by atoms with E-state index in [4.69, 9.17) is 10.5 Å². The Morgan fingerprint density at radius 3 is 2.56 bits per heavy atom. The van der Waals surface area contributed by atoms with Crippen molar-refractivity contribution in [1.29, 1.82) is 0 Å². The highest BCUT2D eigenvalue weighted by atomic mass is 16.5. The van der Waals surface area contributed by atoms with Crippen molar-refractivity contribution in [2.24, 2.45) is 17.1 Å². The Bertz CT molecular complexity index is 324. The van der Waals surface area contributed by atoms with Crippen LogP contribution in [-0.2, 0) is 4.74 Å². The van der Waals surface area contributed by atoms with Crippen LogP contribution in [0.1, 0.15) is 46.0 Å². The van der Waals surface area contributed by atoms with Crippen LogP contribution >= 0.6 is 0 Å². The predicted octanol–water partition coefficient (Wildman–Crippen LogP) is 2.00. The molecule has 104 valence electrons. The molecule has 0 bridgehead atoms. The van der Waals surface area contributed by atoms with Crippen LogP contribution in [-0.4, -0.2) is 42.8 Å². The third-order valence-corrected chi connectivity index (χ3v) is 6.12. The lowest BCUT2D eigenvalue weighted by molar-refractivity contribution is -0.163. The molecule has 3 nitrogen and oxygen atoms in total. The predicted molar refractivity (Wildman–Crippen MR) is 73.4 cm³/mol. The van der Waals surface area contributed by atoms with Gasteiger partial charge < -0.3 is 15.4 Å². The van der Waals surface area contributed by atoms with Gasteiger partial charge in [0.2, 0.25) is 0 Å². The average molecular weight is 252 g/mol. The van der Waals surface area contributed by atoms with Crippen molar-refractivity contribution in [3.05, 3.63) is 0 Å². The maximum absolute atomic E-state index is 6.81. The molecule has 2 N–H and O–H groups in total. The molecule has 3 fully saturated rings. The van der Waals surface area contributed by atoms with Crippen LogP contribution < -0.4 is 5.73 Å². The molecule has 0 aromatic carbocycles. The molecule has 0 spiro atoms. The molecule has 18 heavy (non-hydrogen) atoms. The summed E-state index contributed by atoms with van der Waals surface area (Å²) in [6.07, 6.45) is 7.06. The fourth-order valence-corrected chi connectivity index (χ4v) is 4.68. The zero-order valence-electron chi connectivity index (χ0n) is 12.1. The summed E-state index contributed by atoms with van der Waals surface area (Å²) in [4.78, 5) is 2.53. The highest BCUT2D eigenvalue weighted by molar-refractivity contribution is 5.21. The first kappa shape index (κ1) is 12.9. The first-order chi connectivity index (χ1) is 8.47. The highest BCUT2D eigenvalue weighted by Crippen LogP contribution is 2.58. The molecule has 3 atom stereocenters. The number of rotatable bonds is 3. The first-order valence-corrected chi connectivity index (χ1v) is 7.57. The van der Waals surface area contributed by atoms with Crippen molar-refractivity contribution in [1.82, 2.24) is 4.90 Å². The zero-order valence-corrected chi connectivity index (χ0v) is 12.1. The molecule has 3 rings (SSSR count). The van der Waals surface area contributed by atoms with Crippen LogP contribution in [0.15, 0.2) is 0 Å². The summed E-state index contributed by atoms with van der Waals surface area (Å²) >= 11 is 0. The Balaban J connectivity index is 1.70. The second-order valence-electron chi connectivity index (χ2n) is 7.30. The van der Waals surface area contributed by atoms with Crippen molar-refractivity contribution in [2.45, 2.75) is 63.6 Å². The van der Waals surface area contributed by atoms with Gasteiger partial charge in [-0.2, -0.15) is 0 Å². The first-order valence-electron chi connectivity index (χ1n) is 7.57. The minimum absolute atomic E-state index is 0.0501. The van der Waals surface area contributed by atoms with Gasteiger partial charge in [0.25, 0.3) is 0 Å². The lowest BCUT2D eigenvalue weighted by Gasteiger charge is -2.63. The molecule has 2 aliphatic carbocycles. The fourth-order valence-electron chi connectivity index (χ4n) is 4.68. The topological polar surface area (TPSA) is 38.5 Å². The Hall–Kier alpha value is -0.120. The van der Waals surface area contributed by atoms with Gasteiger partial charge in [0.05, 0.1) is 6.10 Å². The monoisotopic (exact) mass is 252 g/mol. The molecule has 0 aromatic rings. The summed E-state index contributed by atoms with van der Waals surface area (Å²) in [7, 11) is 2.27. The number of nitrogens with zero attached hydrogens (tertiary/aromatic N) is 1. The summed E-state index contributed by atoms with van der Waals surface area (Å²) < 4.78 is 5.87. The van der Waals surface area contributed by atoms with Crippen molar-refractivity contribution < 1.29 is 4.74 Å². The smallest absolute Gasteiger partial charge is 0.0691 e. The quantitative estimate of drug-likeness (QED) is 0.835. The normalized spacial score (nSPS) is 43.2. The molecule has 1 aliphatic heterocycles. The van der Waals surface area contributed by atoms with Crippen molar-refractivity contribution in [3.8, 4) is 0 Å². The number of fused-ring (bicyclic) bond motifs is 1. The van der Waals surface area contributed by atoms with Crippen LogP contribution in [0.4, 0.5) is 0 Å². The molecule has 0 amide bonds. The van der Waals surface area contributed by atoms with E-state index in [1.165, 1.54) is 25.7 Å². The third kappa shape index (κ3) is 1.60. The van der Waals surface area contributed by atoms with E-state index in [-0.39, 0.29) is 11.0 Å². The molecular formula is C15H28N2O. The van der Waals surface area contributed by atoms with Crippen LogP contribution in [0, 0.1) is 11.3 Å². The van der Waals surface area contributed by atoms with E-state index in [2.05, 4.69) is 25.8 Å². The molecule has 3 unspecified atom stereocenters. The van der Waals surface area contributed by atoms with E-state index in [1.807, 2.05) is 0 Å². The maximum atomic E-state index is 6.81. The molecule has 2 saturated carbocycles. The minimum atomic E-state index is -0.0501. The lowest BCUT2D eigenvalue weighted by Crippen LogP contribution is -2.78. The van der Waals surface area contributed by atoms with E-state index in [0.29, 0.717) is 12.0 Å². The van der Waals surface area contributed by atoms with E-state index >= 15 is 0 Å². The van der Waals surface area contributed by atoms with Gasteiger partial charge in [0.1, 0.15) is 0 Å². The summed E-state index contributed by atoms with van der Waals surface area (Å²) in [5.74, 6) is 0.580. The summed E-state index contributed by atoms with van der Waals surface area (Å²) in [6, 6.07) is 0.766. The van der Waals surface area contributed by atoms with Crippen molar-refractivity contribution in [3.63, 3.8) is 0 Å². The van der Waals surface area contributed by atoms with Crippen LogP contribution in [0.3, 0.4) is 0 Å². The van der Waals surface area contributed by atoms with Crippen molar-refractivity contribution in [2.75, 3.05) is 20.2 Å². The van der Waals surface area contributed by atoms with Crippen LogP contribution in [0.25, 0.3) is 0 Å². The minimum Gasteiger partial charge on any atom is -0.377 e. The van der Waals surface area contributed by atoms with Crippen LogP contribution in [0.2, 0.25) is 0 Å². The number of hydrogen-bond acceptors (Lipinski definition) is 3. The molecular weight excluding hydrogens is 224 g/mol. The van der Waals surface area contributed by atoms with E-state index in [1.54, 1.807) is 0 Å². The number of hydrogen-bond donors (Lipinski definition) is 1. The fraction of sp³-hybridized carbons (Fsp3) is 1.00. The molecule has 1 saturated heterocycles. The zero-order chi connectivity index (χ0) is 13.0. The molecule has 3 aliphatic rings. The van der Waals surface area contributed by atoms with Gasteiger partial charge in [-0.1, -0.05) is 26.7 Å². The van der Waals surface area contributed by atoms with E-state index in [9.17, 15) is 0 Å². The largest absolute Gasteiger partial charge is 0.377 e. The third-order valence-electron chi connectivity index (χ3n) is 6.12. The van der Waals surface area contributed by atoms with Gasteiger partial charge in [0.15, 0.2) is 0 Å². The lowest BCUT2D eigenvalue weighted by atomic mass is 9.48. The van der Waals surface area contributed by atoms with E-state index < -0.39 is 0 Å². The van der Waals surface area contributed by atoms with Gasteiger partial charge in [-0.15, -0.1) is 0 Å². The maximum Gasteiger partial charge on any atom is 0.0691 e. The standard InChI is InChI=1S/C15H28N2O/c1-14(2)13-12(8-9-18-13)15(14,16)10-17(3)11-6-4-5-7-11/h11-13H,4-10,16H2,1-3H3.